The third-order valence-corrected chi connectivity index (χ3v) is 1.50. The Bertz CT molecular complexity index is 72.1. The van der Waals surface area contributed by atoms with Gasteiger partial charge in [-0.05, 0) is 0 Å². The third kappa shape index (κ3) is 7.38. The summed E-state index contributed by atoms with van der Waals surface area (Å²) in [6.45, 7) is 2.67. The van der Waals surface area contributed by atoms with Crippen LogP contribution in [0.25, 0.3) is 5.53 Å². The van der Waals surface area contributed by atoms with Crippen LogP contribution in [-0.2, 0) is 0 Å². The number of hydrogen-bond acceptors (Lipinski definition) is 0. The number of nitrogens with zero attached hydrogens (tertiary/aromatic N) is 2. The zero-order chi connectivity index (χ0) is 6.95. The highest BCUT2D eigenvalue weighted by molar-refractivity contribution is 5.12. The Balaban J connectivity index is 0. The summed E-state index contributed by atoms with van der Waals surface area (Å²) in [5.41, 5.74) is 7.08. The molecule has 0 aromatic carbocycles. The third-order valence-electron chi connectivity index (χ3n) is 1.50. The SMILES string of the molecule is C1CCCCC1.C=[N+]=[N-].[HH]. The van der Waals surface area contributed by atoms with Gasteiger partial charge in [-0.3, -0.25) is 0 Å². The molecule has 0 saturated heterocycles. The molecule has 0 unspecified atom stereocenters. The molecule has 1 aliphatic carbocycles. The fraction of sp³-hybridized carbons (Fsp3) is 0.857. The Hall–Kier alpha value is -0.620. The molecule has 1 aliphatic rings. The van der Waals surface area contributed by atoms with E-state index in [-0.39, 0.29) is 1.43 Å². The Morgan fingerprint density at radius 3 is 1.22 bits per heavy atom. The summed E-state index contributed by atoms with van der Waals surface area (Å²) < 4.78 is 0. The molecule has 2 heteroatoms. The molecule has 0 radical (unpaired) electrons. The van der Waals surface area contributed by atoms with E-state index >= 15 is 0 Å². The van der Waals surface area contributed by atoms with Crippen LogP contribution in [0.1, 0.15) is 40.0 Å². The highest BCUT2D eigenvalue weighted by Gasteiger charge is 1.95. The van der Waals surface area contributed by atoms with Gasteiger partial charge < -0.3 is 5.53 Å². The van der Waals surface area contributed by atoms with E-state index in [1.54, 1.807) is 0 Å². The number of hydrogen-bond donors (Lipinski definition) is 0. The Morgan fingerprint density at radius 2 is 1.11 bits per heavy atom. The van der Waals surface area contributed by atoms with Crippen LogP contribution in [-0.4, -0.2) is 11.5 Å². The molecule has 54 valence electrons. The molecule has 0 aliphatic heterocycles. The maximum atomic E-state index is 7.08. The van der Waals surface area contributed by atoms with Crippen LogP contribution in [0.3, 0.4) is 0 Å². The molecule has 9 heavy (non-hydrogen) atoms. The Morgan fingerprint density at radius 1 is 1.00 bits per heavy atom. The van der Waals surface area contributed by atoms with Crippen molar-refractivity contribution in [1.82, 2.24) is 0 Å². The highest BCUT2D eigenvalue weighted by atomic mass is 14.8. The topological polar surface area (TPSA) is 36.4 Å². The van der Waals surface area contributed by atoms with Crippen LogP contribution in [0.2, 0.25) is 0 Å². The summed E-state index contributed by atoms with van der Waals surface area (Å²) in [6, 6.07) is 0. The normalized spacial score (nSPS) is 16.9. The standard InChI is InChI=1S/C6H12.CH2N2.H2/c1-2-4-6-5-3-1;1-3-2;/h1-6H2;1H2;1H. The van der Waals surface area contributed by atoms with Gasteiger partial charge in [-0.15, -0.1) is 0 Å². The lowest BCUT2D eigenvalue weighted by Gasteiger charge is -2.05. The Labute approximate surface area is 58.0 Å². The molecular weight excluding hydrogens is 112 g/mol. The summed E-state index contributed by atoms with van der Waals surface area (Å²) in [7, 11) is 0. The summed E-state index contributed by atoms with van der Waals surface area (Å²) in [5, 5.41) is 0. The van der Waals surface area contributed by atoms with E-state index < -0.39 is 0 Å². The van der Waals surface area contributed by atoms with Gasteiger partial charge in [0.1, 0.15) is 0 Å². The van der Waals surface area contributed by atoms with E-state index in [4.69, 9.17) is 5.53 Å². The fourth-order valence-electron chi connectivity index (χ4n) is 1.06. The average Bonchev–Trinajstić information content (AvgIpc) is 1.93. The van der Waals surface area contributed by atoms with Crippen molar-refractivity contribution in [2.24, 2.45) is 0 Å². The van der Waals surface area contributed by atoms with Gasteiger partial charge in [0.15, 0.2) is 0 Å². The highest BCUT2D eigenvalue weighted by Crippen LogP contribution is 2.15. The van der Waals surface area contributed by atoms with Gasteiger partial charge in [0.2, 0.25) is 6.72 Å². The van der Waals surface area contributed by atoms with E-state index in [0.717, 1.165) is 0 Å². The summed E-state index contributed by atoms with van der Waals surface area (Å²) in [6.07, 6.45) is 9.00. The molecule has 2 nitrogen and oxygen atoms in total. The second kappa shape index (κ2) is 7.38. The van der Waals surface area contributed by atoms with Gasteiger partial charge in [0, 0.05) is 1.43 Å². The van der Waals surface area contributed by atoms with Crippen molar-refractivity contribution >= 4 is 6.72 Å². The molecular formula is C7H16N2. The lowest BCUT2D eigenvalue weighted by molar-refractivity contribution is 0.0110. The molecule has 1 rings (SSSR count). The van der Waals surface area contributed by atoms with Crippen LogP contribution in [0.15, 0.2) is 0 Å². The van der Waals surface area contributed by atoms with Crippen molar-refractivity contribution in [2.45, 2.75) is 38.5 Å². The maximum Gasteiger partial charge on any atom is 0.245 e. The summed E-state index contributed by atoms with van der Waals surface area (Å²) in [4.78, 5) is 2.25. The summed E-state index contributed by atoms with van der Waals surface area (Å²) in [5.74, 6) is 0. The lowest BCUT2D eigenvalue weighted by Crippen LogP contribution is -1.85. The van der Waals surface area contributed by atoms with Crippen LogP contribution in [0.5, 0.6) is 0 Å². The molecule has 0 aromatic heterocycles. The maximum absolute atomic E-state index is 7.08. The second-order valence-electron chi connectivity index (χ2n) is 2.26. The van der Waals surface area contributed by atoms with E-state index in [2.05, 4.69) is 11.5 Å². The van der Waals surface area contributed by atoms with Gasteiger partial charge in [-0.25, -0.2) is 0 Å². The van der Waals surface area contributed by atoms with Gasteiger partial charge in [0.05, 0.1) is 0 Å². The monoisotopic (exact) mass is 128 g/mol. The second-order valence-corrected chi connectivity index (χ2v) is 2.26. The first-order chi connectivity index (χ1) is 4.41. The number of rotatable bonds is 0. The largest absolute Gasteiger partial charge is 0.362 e. The minimum atomic E-state index is 0. The van der Waals surface area contributed by atoms with Crippen molar-refractivity contribution < 1.29 is 6.22 Å². The van der Waals surface area contributed by atoms with Gasteiger partial charge in [-0.2, -0.15) is 4.79 Å². The van der Waals surface area contributed by atoms with Gasteiger partial charge in [-0.1, -0.05) is 38.5 Å². The van der Waals surface area contributed by atoms with Crippen LogP contribution >= 0.6 is 0 Å². The minimum absolute atomic E-state index is 0. The fourth-order valence-corrected chi connectivity index (χ4v) is 1.06. The first-order valence-electron chi connectivity index (χ1n) is 3.52. The molecule has 0 bridgehead atoms. The molecule has 0 amide bonds. The molecule has 0 N–H and O–H groups in total. The van der Waals surface area contributed by atoms with Crippen LogP contribution in [0, 0.1) is 0 Å². The van der Waals surface area contributed by atoms with Gasteiger partial charge in [0.25, 0.3) is 0 Å². The first-order valence-corrected chi connectivity index (χ1v) is 3.52. The van der Waals surface area contributed by atoms with E-state index in [1.165, 1.54) is 38.5 Å². The average molecular weight is 128 g/mol. The first kappa shape index (κ1) is 8.38. The molecule has 0 heterocycles. The van der Waals surface area contributed by atoms with Crippen molar-refractivity contribution in [3.05, 3.63) is 5.53 Å². The Kier molecular flexibility index (Phi) is 6.87. The molecule has 1 saturated carbocycles. The van der Waals surface area contributed by atoms with Crippen molar-refractivity contribution in [2.75, 3.05) is 0 Å². The lowest BCUT2D eigenvalue weighted by atomic mass is 10.0. The van der Waals surface area contributed by atoms with E-state index in [0.29, 0.717) is 0 Å². The molecule has 1 fully saturated rings. The predicted molar refractivity (Wildman–Crippen MR) is 40.6 cm³/mol. The minimum Gasteiger partial charge on any atom is -0.362 e. The smallest absolute Gasteiger partial charge is 0.245 e. The van der Waals surface area contributed by atoms with Crippen LogP contribution in [0.4, 0.5) is 0 Å². The van der Waals surface area contributed by atoms with Crippen molar-refractivity contribution in [3.63, 3.8) is 0 Å². The molecule has 0 spiro atoms. The van der Waals surface area contributed by atoms with E-state index in [1.807, 2.05) is 0 Å². The van der Waals surface area contributed by atoms with Gasteiger partial charge >= 0.3 is 0 Å². The quantitative estimate of drug-likeness (QED) is 0.273. The van der Waals surface area contributed by atoms with Crippen LogP contribution < -0.4 is 0 Å². The van der Waals surface area contributed by atoms with Crippen molar-refractivity contribution in [1.29, 1.82) is 0 Å². The van der Waals surface area contributed by atoms with Crippen molar-refractivity contribution in [3.8, 4) is 0 Å². The zero-order valence-electron chi connectivity index (χ0n) is 5.84. The molecule has 0 aromatic rings. The molecule has 0 atom stereocenters. The zero-order valence-corrected chi connectivity index (χ0v) is 5.84. The summed E-state index contributed by atoms with van der Waals surface area (Å²) >= 11 is 0. The van der Waals surface area contributed by atoms with E-state index in [9.17, 15) is 0 Å². The predicted octanol–water partition coefficient (Wildman–Crippen LogP) is 2.50.